The summed E-state index contributed by atoms with van der Waals surface area (Å²) in [5.41, 5.74) is 10.5. The fourth-order valence-electron chi connectivity index (χ4n) is 3.28. The molecule has 0 fully saturated rings. The Morgan fingerprint density at radius 3 is 2.19 bits per heavy atom. The van der Waals surface area contributed by atoms with Gasteiger partial charge in [0.15, 0.2) is 0 Å². The predicted molar refractivity (Wildman–Crippen MR) is 87.5 cm³/mol. The van der Waals surface area contributed by atoms with Crippen LogP contribution in [0.5, 0.6) is 0 Å². The van der Waals surface area contributed by atoms with E-state index in [0.717, 1.165) is 35.4 Å². The van der Waals surface area contributed by atoms with Crippen molar-refractivity contribution >= 4 is 5.91 Å². The van der Waals surface area contributed by atoms with Crippen LogP contribution in [-0.4, -0.2) is 10.5 Å². The summed E-state index contributed by atoms with van der Waals surface area (Å²) in [4.78, 5) is 11.8. The van der Waals surface area contributed by atoms with Gasteiger partial charge in [-0.25, -0.2) is 0 Å². The van der Waals surface area contributed by atoms with Crippen molar-refractivity contribution in [3.05, 3.63) is 47.2 Å². The molecule has 0 spiro atoms. The van der Waals surface area contributed by atoms with E-state index in [0.29, 0.717) is 11.6 Å². The first kappa shape index (κ1) is 15.4. The fourth-order valence-corrected chi connectivity index (χ4v) is 3.28. The fraction of sp³-hybridized carbons (Fsp3) is 0.389. The zero-order valence-corrected chi connectivity index (χ0v) is 13.3. The molecule has 1 aromatic heterocycles. The standard InChI is InChI=1S/C18H24N2O/c1-5-15(6-2)20-13(4)16(18(19)21)12(3)17(20)14-10-8-7-9-11-14/h7-11,15H,5-6H2,1-4H3,(H2,19,21). The average Bonchev–Trinajstić information content (AvgIpc) is 2.73. The van der Waals surface area contributed by atoms with Crippen LogP contribution in [0.3, 0.4) is 0 Å². The Hall–Kier alpha value is -2.03. The number of hydrogen-bond donors (Lipinski definition) is 1. The molecule has 0 bridgehead atoms. The molecular formula is C18H24N2O. The number of nitrogens with zero attached hydrogens (tertiary/aromatic N) is 1. The maximum Gasteiger partial charge on any atom is 0.250 e. The third-order valence-electron chi connectivity index (χ3n) is 4.30. The number of aromatic nitrogens is 1. The Kier molecular flexibility index (Phi) is 4.51. The first-order valence-electron chi connectivity index (χ1n) is 7.59. The normalized spacial score (nSPS) is 11.1. The minimum absolute atomic E-state index is 0.341. The molecule has 3 nitrogen and oxygen atoms in total. The van der Waals surface area contributed by atoms with E-state index in [1.807, 2.05) is 32.0 Å². The monoisotopic (exact) mass is 284 g/mol. The number of carbonyl (C=O) groups excluding carboxylic acids is 1. The van der Waals surface area contributed by atoms with Crippen LogP contribution >= 0.6 is 0 Å². The lowest BCUT2D eigenvalue weighted by molar-refractivity contribution is 0.0999. The highest BCUT2D eigenvalue weighted by Gasteiger charge is 2.24. The lowest BCUT2D eigenvalue weighted by Crippen LogP contribution is -2.15. The van der Waals surface area contributed by atoms with Crippen molar-refractivity contribution in [1.29, 1.82) is 0 Å². The molecule has 0 aliphatic rings. The number of benzene rings is 1. The van der Waals surface area contributed by atoms with Gasteiger partial charge >= 0.3 is 0 Å². The SMILES string of the molecule is CCC(CC)n1c(C)c(C(N)=O)c(C)c1-c1ccccc1. The Balaban J connectivity index is 2.78. The second-order valence-electron chi connectivity index (χ2n) is 5.50. The summed E-state index contributed by atoms with van der Waals surface area (Å²) in [6.07, 6.45) is 2.06. The summed E-state index contributed by atoms with van der Waals surface area (Å²) < 4.78 is 2.30. The van der Waals surface area contributed by atoms with Crippen LogP contribution in [0.1, 0.15) is 54.3 Å². The number of hydrogen-bond acceptors (Lipinski definition) is 1. The first-order valence-corrected chi connectivity index (χ1v) is 7.59. The van der Waals surface area contributed by atoms with Crippen molar-refractivity contribution < 1.29 is 4.79 Å². The second-order valence-corrected chi connectivity index (χ2v) is 5.50. The molecule has 0 aliphatic carbocycles. The van der Waals surface area contributed by atoms with Gasteiger partial charge in [-0.3, -0.25) is 4.79 Å². The third-order valence-corrected chi connectivity index (χ3v) is 4.30. The third kappa shape index (κ3) is 2.60. The van der Waals surface area contributed by atoms with Crippen LogP contribution in [0.4, 0.5) is 0 Å². The molecule has 1 heterocycles. The van der Waals surface area contributed by atoms with Gasteiger partial charge in [0, 0.05) is 11.7 Å². The van der Waals surface area contributed by atoms with Gasteiger partial charge in [-0.1, -0.05) is 44.2 Å². The van der Waals surface area contributed by atoms with Crippen molar-refractivity contribution in [2.45, 2.75) is 46.6 Å². The summed E-state index contributed by atoms with van der Waals surface area (Å²) in [6, 6.07) is 10.6. The van der Waals surface area contributed by atoms with E-state index in [-0.39, 0.29) is 5.91 Å². The number of nitrogens with two attached hydrogens (primary N) is 1. The summed E-state index contributed by atoms with van der Waals surface area (Å²) >= 11 is 0. The molecule has 0 radical (unpaired) electrons. The van der Waals surface area contributed by atoms with Crippen LogP contribution in [0.25, 0.3) is 11.3 Å². The molecule has 0 atom stereocenters. The highest BCUT2D eigenvalue weighted by molar-refractivity contribution is 5.98. The number of amides is 1. The van der Waals surface area contributed by atoms with Crippen LogP contribution in [0.15, 0.2) is 30.3 Å². The van der Waals surface area contributed by atoms with Gasteiger partial charge in [-0.05, 0) is 37.8 Å². The number of primary amides is 1. The topological polar surface area (TPSA) is 48.0 Å². The summed E-state index contributed by atoms with van der Waals surface area (Å²) in [7, 11) is 0. The van der Waals surface area contributed by atoms with Crippen LogP contribution in [-0.2, 0) is 0 Å². The minimum Gasteiger partial charge on any atom is -0.366 e. The maximum atomic E-state index is 11.8. The van der Waals surface area contributed by atoms with Gasteiger partial charge < -0.3 is 10.3 Å². The van der Waals surface area contributed by atoms with Crippen molar-refractivity contribution in [2.75, 3.05) is 0 Å². The summed E-state index contributed by atoms with van der Waals surface area (Å²) in [6.45, 7) is 8.36. The van der Waals surface area contributed by atoms with Gasteiger partial charge in [0.2, 0.25) is 0 Å². The summed E-state index contributed by atoms with van der Waals surface area (Å²) in [5, 5.41) is 0. The Bertz CT molecular complexity index is 637. The average molecular weight is 284 g/mol. The van der Waals surface area contributed by atoms with Crippen molar-refractivity contribution in [1.82, 2.24) is 4.57 Å². The molecule has 1 aromatic carbocycles. The molecule has 112 valence electrons. The highest BCUT2D eigenvalue weighted by atomic mass is 16.1. The lowest BCUT2D eigenvalue weighted by Gasteiger charge is -2.21. The zero-order valence-electron chi connectivity index (χ0n) is 13.3. The van der Waals surface area contributed by atoms with Crippen LogP contribution in [0.2, 0.25) is 0 Å². The molecule has 2 N–H and O–H groups in total. The highest BCUT2D eigenvalue weighted by Crippen LogP contribution is 2.35. The molecule has 0 unspecified atom stereocenters. The van der Waals surface area contributed by atoms with Gasteiger partial charge in [-0.15, -0.1) is 0 Å². The number of carbonyl (C=O) groups is 1. The Morgan fingerprint density at radius 1 is 1.14 bits per heavy atom. The van der Waals surface area contributed by atoms with Crippen molar-refractivity contribution in [3.63, 3.8) is 0 Å². The van der Waals surface area contributed by atoms with Crippen LogP contribution in [0, 0.1) is 13.8 Å². The van der Waals surface area contributed by atoms with E-state index in [9.17, 15) is 4.79 Å². The van der Waals surface area contributed by atoms with E-state index in [1.54, 1.807) is 0 Å². The van der Waals surface area contributed by atoms with Crippen LogP contribution < -0.4 is 5.73 Å². The quantitative estimate of drug-likeness (QED) is 0.877. The molecule has 1 amide bonds. The van der Waals surface area contributed by atoms with E-state index in [1.165, 1.54) is 0 Å². The van der Waals surface area contributed by atoms with Gasteiger partial charge in [-0.2, -0.15) is 0 Å². The predicted octanol–water partition coefficient (Wildman–Crippen LogP) is 4.23. The lowest BCUT2D eigenvalue weighted by atomic mass is 10.0. The zero-order chi connectivity index (χ0) is 15.6. The first-order chi connectivity index (χ1) is 10.0. The van der Waals surface area contributed by atoms with E-state index < -0.39 is 0 Å². The smallest absolute Gasteiger partial charge is 0.250 e. The Labute approximate surface area is 126 Å². The van der Waals surface area contributed by atoms with Gasteiger partial charge in [0.1, 0.15) is 0 Å². The molecule has 3 heteroatoms. The number of rotatable bonds is 5. The van der Waals surface area contributed by atoms with E-state index in [4.69, 9.17) is 5.73 Å². The molecule has 2 rings (SSSR count). The Morgan fingerprint density at radius 2 is 1.71 bits per heavy atom. The van der Waals surface area contributed by atoms with Crippen molar-refractivity contribution in [2.24, 2.45) is 5.73 Å². The largest absolute Gasteiger partial charge is 0.366 e. The minimum atomic E-state index is -0.341. The van der Waals surface area contributed by atoms with E-state index >= 15 is 0 Å². The maximum absolute atomic E-state index is 11.8. The van der Waals surface area contributed by atoms with Gasteiger partial charge in [0.05, 0.1) is 11.3 Å². The molecule has 2 aromatic rings. The molecule has 0 saturated carbocycles. The second kappa shape index (κ2) is 6.17. The molecule has 21 heavy (non-hydrogen) atoms. The molecule has 0 aliphatic heterocycles. The molecule has 0 saturated heterocycles. The van der Waals surface area contributed by atoms with Gasteiger partial charge in [0.25, 0.3) is 5.91 Å². The van der Waals surface area contributed by atoms with E-state index in [2.05, 4.69) is 30.5 Å². The summed E-state index contributed by atoms with van der Waals surface area (Å²) in [5.74, 6) is -0.341. The molecular weight excluding hydrogens is 260 g/mol. The van der Waals surface area contributed by atoms with Crippen molar-refractivity contribution in [3.8, 4) is 11.3 Å².